The first-order valence-corrected chi connectivity index (χ1v) is 9.83. The number of carbonyl (C=O) groups excluding carboxylic acids is 2. The third-order valence-corrected chi connectivity index (χ3v) is 5.08. The second-order valence-corrected chi connectivity index (χ2v) is 6.97. The number of ether oxygens (including phenoxy) is 1. The number of piperidine rings is 1. The van der Waals surface area contributed by atoms with Crippen molar-refractivity contribution in [2.24, 2.45) is 0 Å². The van der Waals surface area contributed by atoms with Gasteiger partial charge in [0.2, 0.25) is 11.1 Å². The predicted molar refractivity (Wildman–Crippen MR) is 99.6 cm³/mol. The number of hydrogen-bond acceptors (Lipinski definition) is 7. The number of carbonyl (C=O) groups is 2. The van der Waals surface area contributed by atoms with Crippen molar-refractivity contribution in [3.63, 3.8) is 0 Å². The number of nitrogens with zero attached hydrogens (tertiary/aromatic N) is 5. The first-order valence-electron chi connectivity index (χ1n) is 8.85. The number of aromatic nitrogens is 4. The molecule has 144 valence electrons. The highest BCUT2D eigenvalue weighted by Crippen LogP contribution is 2.18. The van der Waals surface area contributed by atoms with E-state index in [0.29, 0.717) is 24.9 Å². The van der Waals surface area contributed by atoms with Crippen LogP contribution < -0.4 is 5.32 Å². The third-order valence-electron chi connectivity index (χ3n) is 4.16. The Morgan fingerprint density at radius 3 is 2.70 bits per heavy atom. The number of amides is 2. The van der Waals surface area contributed by atoms with Crippen LogP contribution in [0.25, 0.3) is 5.69 Å². The maximum Gasteiger partial charge on any atom is 0.409 e. The minimum atomic E-state index is -0.286. The van der Waals surface area contributed by atoms with Gasteiger partial charge in [-0.25, -0.2) is 4.79 Å². The molecule has 9 nitrogen and oxygen atoms in total. The van der Waals surface area contributed by atoms with E-state index < -0.39 is 0 Å². The second kappa shape index (κ2) is 9.36. The Balaban J connectivity index is 1.45. The maximum atomic E-state index is 12.3. The van der Waals surface area contributed by atoms with Crippen LogP contribution in [0, 0.1) is 0 Å². The van der Waals surface area contributed by atoms with Crippen LogP contribution in [-0.2, 0) is 9.53 Å². The van der Waals surface area contributed by atoms with E-state index in [1.807, 2.05) is 30.3 Å². The van der Waals surface area contributed by atoms with Crippen molar-refractivity contribution >= 4 is 23.8 Å². The largest absolute Gasteiger partial charge is 0.450 e. The number of para-hydroxylation sites is 1. The van der Waals surface area contributed by atoms with Crippen LogP contribution in [0.4, 0.5) is 4.79 Å². The number of hydrogen-bond donors (Lipinski definition) is 1. The van der Waals surface area contributed by atoms with Gasteiger partial charge < -0.3 is 15.0 Å². The lowest BCUT2D eigenvalue weighted by molar-refractivity contribution is -0.119. The smallest absolute Gasteiger partial charge is 0.409 e. The molecular weight excluding hydrogens is 368 g/mol. The minimum Gasteiger partial charge on any atom is -0.450 e. The summed E-state index contributed by atoms with van der Waals surface area (Å²) in [4.78, 5) is 25.6. The minimum absolute atomic E-state index is 0.0638. The molecule has 0 unspecified atom stereocenters. The van der Waals surface area contributed by atoms with Gasteiger partial charge >= 0.3 is 6.09 Å². The molecule has 1 aliphatic rings. The third kappa shape index (κ3) is 5.19. The van der Waals surface area contributed by atoms with Crippen molar-refractivity contribution < 1.29 is 14.3 Å². The molecule has 10 heteroatoms. The lowest BCUT2D eigenvalue weighted by Crippen LogP contribution is -2.47. The summed E-state index contributed by atoms with van der Waals surface area (Å²) in [6.45, 7) is 3.33. The van der Waals surface area contributed by atoms with E-state index in [1.54, 1.807) is 16.5 Å². The Labute approximate surface area is 161 Å². The zero-order chi connectivity index (χ0) is 19.1. The fraction of sp³-hybridized carbons (Fsp3) is 0.471. The average molecular weight is 390 g/mol. The number of tetrazole rings is 1. The molecule has 1 N–H and O–H groups in total. The molecule has 2 aromatic rings. The summed E-state index contributed by atoms with van der Waals surface area (Å²) in [5, 5.41) is 15.2. The van der Waals surface area contributed by atoms with Gasteiger partial charge in [0.05, 0.1) is 18.0 Å². The SMILES string of the molecule is CCOC(=O)N1CCC(NC(=O)CSc2nnnn2-c2ccccc2)CC1. The van der Waals surface area contributed by atoms with E-state index in [0.717, 1.165) is 18.5 Å². The highest BCUT2D eigenvalue weighted by atomic mass is 32.2. The molecule has 0 spiro atoms. The van der Waals surface area contributed by atoms with Crippen LogP contribution in [0.1, 0.15) is 19.8 Å². The summed E-state index contributed by atoms with van der Waals surface area (Å²) in [5.41, 5.74) is 0.844. The molecule has 0 bridgehead atoms. The van der Waals surface area contributed by atoms with Gasteiger partial charge in [0, 0.05) is 19.1 Å². The monoisotopic (exact) mass is 390 g/mol. The molecule has 0 saturated carbocycles. The number of nitrogens with one attached hydrogen (secondary N) is 1. The fourth-order valence-corrected chi connectivity index (χ4v) is 3.52. The molecule has 0 atom stereocenters. The Kier molecular flexibility index (Phi) is 6.64. The van der Waals surface area contributed by atoms with Crippen molar-refractivity contribution in [3.8, 4) is 5.69 Å². The Morgan fingerprint density at radius 1 is 1.26 bits per heavy atom. The summed E-state index contributed by atoms with van der Waals surface area (Å²) in [5.74, 6) is 0.155. The zero-order valence-electron chi connectivity index (χ0n) is 15.1. The molecule has 1 aromatic heterocycles. The van der Waals surface area contributed by atoms with Crippen LogP contribution in [0.15, 0.2) is 35.5 Å². The van der Waals surface area contributed by atoms with Crippen molar-refractivity contribution in [2.45, 2.75) is 31.0 Å². The Bertz CT molecular complexity index is 761. The van der Waals surface area contributed by atoms with Gasteiger partial charge in [0.1, 0.15) is 0 Å². The quantitative estimate of drug-likeness (QED) is 0.746. The van der Waals surface area contributed by atoms with Crippen LogP contribution in [0.2, 0.25) is 0 Å². The summed E-state index contributed by atoms with van der Waals surface area (Å²) in [7, 11) is 0. The van der Waals surface area contributed by atoms with E-state index in [9.17, 15) is 9.59 Å². The molecular formula is C17H22N6O3S. The molecule has 1 saturated heterocycles. The van der Waals surface area contributed by atoms with Gasteiger partial charge in [-0.05, 0) is 42.3 Å². The van der Waals surface area contributed by atoms with Crippen LogP contribution in [-0.4, -0.2) is 68.6 Å². The van der Waals surface area contributed by atoms with E-state index in [4.69, 9.17) is 4.74 Å². The Hall–Kier alpha value is -2.62. The van der Waals surface area contributed by atoms with Crippen molar-refractivity contribution in [2.75, 3.05) is 25.4 Å². The molecule has 1 fully saturated rings. The van der Waals surface area contributed by atoms with Gasteiger partial charge in [-0.3, -0.25) is 4.79 Å². The standard InChI is InChI=1S/C17H22N6O3S/c1-2-26-17(25)22-10-8-13(9-11-22)18-15(24)12-27-16-19-20-21-23(16)14-6-4-3-5-7-14/h3-7,13H,2,8-12H2,1H3,(H,18,24). The van der Waals surface area contributed by atoms with Gasteiger partial charge in [0.15, 0.2) is 0 Å². The summed E-state index contributed by atoms with van der Waals surface area (Å²) in [6, 6.07) is 9.59. The topological polar surface area (TPSA) is 102 Å². The van der Waals surface area contributed by atoms with Gasteiger partial charge in [-0.1, -0.05) is 30.0 Å². The van der Waals surface area contributed by atoms with E-state index in [-0.39, 0.29) is 23.8 Å². The van der Waals surface area contributed by atoms with E-state index in [2.05, 4.69) is 20.8 Å². The second-order valence-electron chi connectivity index (χ2n) is 6.03. The number of likely N-dealkylation sites (tertiary alicyclic amines) is 1. The lowest BCUT2D eigenvalue weighted by Gasteiger charge is -2.31. The summed E-state index contributed by atoms with van der Waals surface area (Å²) >= 11 is 1.29. The number of benzene rings is 1. The van der Waals surface area contributed by atoms with Crippen LogP contribution in [0.3, 0.4) is 0 Å². The highest BCUT2D eigenvalue weighted by molar-refractivity contribution is 7.99. The predicted octanol–water partition coefficient (Wildman–Crippen LogP) is 1.49. The normalized spacial score (nSPS) is 14.8. The maximum absolute atomic E-state index is 12.3. The first kappa shape index (κ1) is 19.2. The first-order chi connectivity index (χ1) is 13.2. The van der Waals surface area contributed by atoms with Crippen molar-refractivity contribution in [1.82, 2.24) is 30.4 Å². The summed E-state index contributed by atoms with van der Waals surface area (Å²) in [6.07, 6.45) is 1.15. The Morgan fingerprint density at radius 2 is 2.00 bits per heavy atom. The van der Waals surface area contributed by atoms with Gasteiger partial charge in [-0.2, -0.15) is 4.68 Å². The van der Waals surface area contributed by atoms with Crippen LogP contribution in [0.5, 0.6) is 0 Å². The molecule has 27 heavy (non-hydrogen) atoms. The summed E-state index contributed by atoms with van der Waals surface area (Å²) < 4.78 is 6.61. The number of thioether (sulfide) groups is 1. The highest BCUT2D eigenvalue weighted by Gasteiger charge is 2.24. The molecule has 3 rings (SSSR count). The fourth-order valence-electron chi connectivity index (χ4n) is 2.82. The lowest BCUT2D eigenvalue weighted by atomic mass is 10.1. The van der Waals surface area contributed by atoms with Crippen LogP contribution >= 0.6 is 11.8 Å². The van der Waals surface area contributed by atoms with Gasteiger partial charge in [-0.15, -0.1) is 5.10 Å². The van der Waals surface area contributed by atoms with Crippen molar-refractivity contribution in [1.29, 1.82) is 0 Å². The van der Waals surface area contributed by atoms with E-state index >= 15 is 0 Å². The average Bonchev–Trinajstić information content (AvgIpc) is 3.16. The number of rotatable bonds is 6. The van der Waals surface area contributed by atoms with Gasteiger partial charge in [0.25, 0.3) is 0 Å². The zero-order valence-corrected chi connectivity index (χ0v) is 15.9. The molecule has 0 aliphatic carbocycles. The molecule has 2 amide bonds. The van der Waals surface area contributed by atoms with E-state index in [1.165, 1.54) is 11.8 Å². The molecule has 1 aliphatic heterocycles. The van der Waals surface area contributed by atoms with Crippen molar-refractivity contribution in [3.05, 3.63) is 30.3 Å². The molecule has 2 heterocycles. The molecule has 1 aromatic carbocycles. The molecule has 0 radical (unpaired) electrons.